The van der Waals surface area contributed by atoms with Gasteiger partial charge >= 0.3 is 0 Å². The number of carbonyl (C=O) groups is 2. The molecule has 1 amide bonds. The quantitative estimate of drug-likeness (QED) is 0.693. The number of amides is 1. The Morgan fingerprint density at radius 2 is 1.93 bits per heavy atom. The van der Waals surface area contributed by atoms with Crippen molar-refractivity contribution < 1.29 is 14.3 Å². The predicted octanol–water partition coefficient (Wildman–Crippen LogP) is 4.30. The average Bonchev–Trinajstić information content (AvgIpc) is 3.20. The number of ketones is 1. The van der Waals surface area contributed by atoms with Gasteiger partial charge in [0.05, 0.1) is 0 Å². The smallest absolute Gasteiger partial charge is 0.220 e. The number of pyridine rings is 1. The first-order valence-corrected chi connectivity index (χ1v) is 10.0. The van der Waals surface area contributed by atoms with E-state index in [4.69, 9.17) is 4.74 Å². The minimum Gasteiger partial charge on any atom is -0.474 e. The van der Waals surface area contributed by atoms with E-state index in [0.717, 1.165) is 29.5 Å². The lowest BCUT2D eigenvalue weighted by molar-refractivity contribution is -0.121. The Bertz CT molecular complexity index is 841. The molecule has 0 spiro atoms. The van der Waals surface area contributed by atoms with Crippen molar-refractivity contribution in [1.82, 2.24) is 10.3 Å². The van der Waals surface area contributed by atoms with Crippen LogP contribution in [0.4, 0.5) is 0 Å². The molecule has 1 fully saturated rings. The first kappa shape index (κ1) is 20.1. The van der Waals surface area contributed by atoms with Crippen molar-refractivity contribution in [2.45, 2.75) is 65.0 Å². The number of aromatic nitrogens is 1. The van der Waals surface area contributed by atoms with Gasteiger partial charge in [-0.15, -0.1) is 0 Å². The van der Waals surface area contributed by atoms with Crippen molar-refractivity contribution >= 4 is 11.7 Å². The molecule has 1 saturated carbocycles. The lowest BCUT2D eigenvalue weighted by Gasteiger charge is -2.15. The maximum Gasteiger partial charge on any atom is 0.220 e. The van der Waals surface area contributed by atoms with Gasteiger partial charge in [-0.1, -0.05) is 23.8 Å². The Kier molecular flexibility index (Phi) is 6.80. The van der Waals surface area contributed by atoms with Crippen LogP contribution in [0, 0.1) is 13.8 Å². The molecule has 0 bridgehead atoms. The molecular formula is C23H28N2O3. The van der Waals surface area contributed by atoms with E-state index in [9.17, 15) is 9.59 Å². The van der Waals surface area contributed by atoms with Crippen molar-refractivity contribution in [1.29, 1.82) is 0 Å². The summed E-state index contributed by atoms with van der Waals surface area (Å²) in [6, 6.07) is 9.57. The molecule has 148 valence electrons. The topological polar surface area (TPSA) is 68.3 Å². The SMILES string of the molecule is Cc1ccc(C)c(C(=O)CCC(=O)NCc2cccnc2OC2CCCC2)c1. The first-order valence-electron chi connectivity index (χ1n) is 10.0. The third kappa shape index (κ3) is 5.41. The third-order valence-electron chi connectivity index (χ3n) is 5.18. The number of rotatable bonds is 8. The van der Waals surface area contributed by atoms with Crippen LogP contribution in [0.2, 0.25) is 0 Å². The van der Waals surface area contributed by atoms with E-state index < -0.39 is 0 Å². The van der Waals surface area contributed by atoms with Crippen LogP contribution >= 0.6 is 0 Å². The van der Waals surface area contributed by atoms with Gasteiger partial charge in [0.25, 0.3) is 0 Å². The lowest BCUT2D eigenvalue weighted by atomic mass is 9.99. The minimum absolute atomic E-state index is 0.00276. The molecule has 1 aliphatic rings. The van der Waals surface area contributed by atoms with Crippen molar-refractivity contribution in [3.8, 4) is 5.88 Å². The maximum atomic E-state index is 12.4. The Balaban J connectivity index is 1.50. The van der Waals surface area contributed by atoms with Gasteiger partial charge in [0.1, 0.15) is 6.10 Å². The van der Waals surface area contributed by atoms with Crippen LogP contribution in [0.5, 0.6) is 5.88 Å². The number of aryl methyl sites for hydroxylation is 2. The number of nitrogens with one attached hydrogen (secondary N) is 1. The number of ether oxygens (including phenoxy) is 1. The van der Waals surface area contributed by atoms with Gasteiger partial charge in [-0.25, -0.2) is 4.98 Å². The highest BCUT2D eigenvalue weighted by atomic mass is 16.5. The number of hydrogen-bond donors (Lipinski definition) is 1. The van der Waals surface area contributed by atoms with E-state index >= 15 is 0 Å². The standard InChI is InChI=1S/C23H28N2O3/c1-16-9-10-17(2)20(14-16)21(26)11-12-22(27)25-15-18-6-5-13-24-23(18)28-19-7-3-4-8-19/h5-6,9-10,13-14,19H,3-4,7-8,11-12,15H2,1-2H3,(H,25,27). The van der Waals surface area contributed by atoms with E-state index in [0.29, 0.717) is 18.0 Å². The van der Waals surface area contributed by atoms with Gasteiger partial charge < -0.3 is 10.1 Å². The molecule has 5 nitrogen and oxygen atoms in total. The number of hydrogen-bond acceptors (Lipinski definition) is 4. The van der Waals surface area contributed by atoms with Crippen LogP contribution in [-0.4, -0.2) is 22.8 Å². The molecule has 0 atom stereocenters. The summed E-state index contributed by atoms with van der Waals surface area (Å²) in [5.74, 6) is 0.457. The zero-order valence-electron chi connectivity index (χ0n) is 16.7. The van der Waals surface area contributed by atoms with Gasteiger partial charge in [0, 0.05) is 36.7 Å². The van der Waals surface area contributed by atoms with Crippen molar-refractivity contribution in [2.24, 2.45) is 0 Å². The molecular weight excluding hydrogens is 352 g/mol. The summed E-state index contributed by atoms with van der Waals surface area (Å²) in [4.78, 5) is 29.0. The van der Waals surface area contributed by atoms with E-state index in [1.165, 1.54) is 12.8 Å². The third-order valence-corrected chi connectivity index (χ3v) is 5.18. The van der Waals surface area contributed by atoms with Crippen LogP contribution < -0.4 is 10.1 Å². The molecule has 1 aliphatic carbocycles. The molecule has 0 aliphatic heterocycles. The van der Waals surface area contributed by atoms with E-state index in [1.54, 1.807) is 6.20 Å². The monoisotopic (exact) mass is 380 g/mol. The van der Waals surface area contributed by atoms with E-state index in [1.807, 2.05) is 44.2 Å². The summed E-state index contributed by atoms with van der Waals surface area (Å²) in [6.45, 7) is 4.23. The number of carbonyl (C=O) groups excluding carboxylic acids is 2. The van der Waals surface area contributed by atoms with Crippen molar-refractivity contribution in [2.75, 3.05) is 0 Å². The second kappa shape index (κ2) is 9.49. The molecule has 0 radical (unpaired) electrons. The molecule has 0 saturated heterocycles. The van der Waals surface area contributed by atoms with Crippen LogP contribution in [0.15, 0.2) is 36.5 Å². The Morgan fingerprint density at radius 3 is 2.71 bits per heavy atom. The second-order valence-corrected chi connectivity index (χ2v) is 7.51. The fourth-order valence-electron chi connectivity index (χ4n) is 3.51. The molecule has 1 aromatic carbocycles. The van der Waals surface area contributed by atoms with Gasteiger partial charge in [-0.3, -0.25) is 9.59 Å². The zero-order valence-corrected chi connectivity index (χ0v) is 16.7. The molecule has 28 heavy (non-hydrogen) atoms. The maximum absolute atomic E-state index is 12.4. The summed E-state index contributed by atoms with van der Waals surface area (Å²) in [5.41, 5.74) is 3.56. The second-order valence-electron chi connectivity index (χ2n) is 7.51. The van der Waals surface area contributed by atoms with Crippen LogP contribution in [0.25, 0.3) is 0 Å². The average molecular weight is 380 g/mol. The highest BCUT2D eigenvalue weighted by Gasteiger charge is 2.19. The van der Waals surface area contributed by atoms with Gasteiger partial charge in [-0.2, -0.15) is 0 Å². The van der Waals surface area contributed by atoms with Gasteiger partial charge in [0.15, 0.2) is 5.78 Å². The molecule has 1 aromatic heterocycles. The highest BCUT2D eigenvalue weighted by molar-refractivity contribution is 5.99. The molecule has 5 heteroatoms. The molecule has 1 heterocycles. The fourth-order valence-corrected chi connectivity index (χ4v) is 3.51. The summed E-state index contributed by atoms with van der Waals surface area (Å²) in [5, 5.41) is 2.89. The van der Waals surface area contributed by atoms with Crippen LogP contribution in [0.1, 0.15) is 65.6 Å². The first-order chi connectivity index (χ1) is 13.5. The minimum atomic E-state index is -0.144. The molecule has 2 aromatic rings. The molecule has 0 unspecified atom stereocenters. The van der Waals surface area contributed by atoms with E-state index in [2.05, 4.69) is 10.3 Å². The number of nitrogens with zero attached hydrogens (tertiary/aromatic N) is 1. The molecule has 3 rings (SSSR count). The largest absolute Gasteiger partial charge is 0.474 e. The Labute approximate surface area is 166 Å². The van der Waals surface area contributed by atoms with Crippen LogP contribution in [0.3, 0.4) is 0 Å². The predicted molar refractivity (Wildman–Crippen MR) is 108 cm³/mol. The number of Topliss-reactive ketones (excluding diaryl/α,β-unsaturated/α-hetero) is 1. The number of benzene rings is 1. The van der Waals surface area contributed by atoms with Crippen molar-refractivity contribution in [3.63, 3.8) is 0 Å². The highest BCUT2D eigenvalue weighted by Crippen LogP contribution is 2.25. The van der Waals surface area contributed by atoms with Crippen molar-refractivity contribution in [3.05, 3.63) is 58.8 Å². The molecule has 1 N–H and O–H groups in total. The zero-order chi connectivity index (χ0) is 19.9. The summed E-state index contributed by atoms with van der Waals surface area (Å²) in [7, 11) is 0. The van der Waals surface area contributed by atoms with Gasteiger partial charge in [-0.05, 0) is 57.2 Å². The fraction of sp³-hybridized carbons (Fsp3) is 0.435. The summed E-state index contributed by atoms with van der Waals surface area (Å²) >= 11 is 0. The normalized spacial score (nSPS) is 14.1. The summed E-state index contributed by atoms with van der Waals surface area (Å²) < 4.78 is 6.00. The summed E-state index contributed by atoms with van der Waals surface area (Å²) in [6.07, 6.45) is 6.81. The Morgan fingerprint density at radius 1 is 1.14 bits per heavy atom. The van der Waals surface area contributed by atoms with Crippen LogP contribution in [-0.2, 0) is 11.3 Å². The van der Waals surface area contributed by atoms with Gasteiger partial charge in [0.2, 0.25) is 11.8 Å². The Hall–Kier alpha value is -2.69. The lowest BCUT2D eigenvalue weighted by Crippen LogP contribution is -2.24. The van der Waals surface area contributed by atoms with E-state index in [-0.39, 0.29) is 30.6 Å².